The molecule has 5 heteroatoms. The van der Waals surface area contributed by atoms with Gasteiger partial charge in [0.1, 0.15) is 0 Å². The second kappa shape index (κ2) is 4.15. The molecule has 0 radical (unpaired) electrons. The monoisotopic (exact) mass is 252 g/mol. The molecule has 0 aliphatic rings. The molecule has 1 heterocycles. The minimum atomic E-state index is -1.03. The van der Waals surface area contributed by atoms with E-state index in [4.69, 9.17) is 0 Å². The van der Waals surface area contributed by atoms with Gasteiger partial charge in [0.25, 0.3) is 5.56 Å². The summed E-state index contributed by atoms with van der Waals surface area (Å²) in [6.07, 6.45) is 1.37. The third-order valence-electron chi connectivity index (χ3n) is 2.51. The van der Waals surface area contributed by atoms with Gasteiger partial charge in [-0.1, -0.05) is 20.8 Å². The summed E-state index contributed by atoms with van der Waals surface area (Å²) in [5.41, 5.74) is -0.282. The average molecular weight is 252 g/mol. The van der Waals surface area contributed by atoms with Crippen molar-refractivity contribution in [1.29, 1.82) is 0 Å². The number of nitrogens with zero attached hydrogens (tertiary/aromatic N) is 2. The molecular formula is C13H14F2N2O. The molecule has 18 heavy (non-hydrogen) atoms. The van der Waals surface area contributed by atoms with Crippen LogP contribution in [0.25, 0.3) is 10.9 Å². The summed E-state index contributed by atoms with van der Waals surface area (Å²) < 4.78 is 27.6. The fourth-order valence-electron chi connectivity index (χ4n) is 1.78. The first kappa shape index (κ1) is 12.7. The van der Waals surface area contributed by atoms with Gasteiger partial charge in [-0.15, -0.1) is 0 Å². The predicted molar refractivity (Wildman–Crippen MR) is 65.4 cm³/mol. The minimum Gasteiger partial charge on any atom is -0.298 e. The standard InChI is InChI=1S/C13H14F2N2O/c1-13(2,3)6-17-7-16-11-5-10(15)9(14)4-8(11)12(17)18/h4-5,7H,6H2,1-3H3. The van der Waals surface area contributed by atoms with Crippen LogP contribution in [0, 0.1) is 17.0 Å². The average Bonchev–Trinajstić information content (AvgIpc) is 2.24. The Morgan fingerprint density at radius 1 is 1.22 bits per heavy atom. The Labute approximate surface area is 103 Å². The van der Waals surface area contributed by atoms with E-state index in [1.807, 2.05) is 20.8 Å². The zero-order chi connectivity index (χ0) is 13.5. The van der Waals surface area contributed by atoms with E-state index in [1.54, 1.807) is 0 Å². The topological polar surface area (TPSA) is 34.9 Å². The maximum Gasteiger partial charge on any atom is 0.261 e. The third kappa shape index (κ3) is 2.39. The van der Waals surface area contributed by atoms with Crippen LogP contribution in [0.3, 0.4) is 0 Å². The zero-order valence-electron chi connectivity index (χ0n) is 10.5. The van der Waals surface area contributed by atoms with Crippen molar-refractivity contribution in [3.8, 4) is 0 Å². The first-order chi connectivity index (χ1) is 8.28. The van der Waals surface area contributed by atoms with Crippen LogP contribution in [0.2, 0.25) is 0 Å². The molecule has 0 amide bonds. The lowest BCUT2D eigenvalue weighted by molar-refractivity contribution is 0.337. The van der Waals surface area contributed by atoms with Crippen LogP contribution < -0.4 is 5.56 Å². The molecule has 0 atom stereocenters. The molecule has 2 rings (SSSR count). The highest BCUT2D eigenvalue weighted by Crippen LogP contribution is 2.17. The zero-order valence-corrected chi connectivity index (χ0v) is 10.5. The lowest BCUT2D eigenvalue weighted by Crippen LogP contribution is -2.27. The number of aromatic nitrogens is 2. The highest BCUT2D eigenvalue weighted by Gasteiger charge is 2.15. The van der Waals surface area contributed by atoms with Gasteiger partial charge in [-0.3, -0.25) is 9.36 Å². The van der Waals surface area contributed by atoms with E-state index in [0.717, 1.165) is 12.1 Å². The van der Waals surface area contributed by atoms with Crippen molar-refractivity contribution < 1.29 is 8.78 Å². The number of fused-ring (bicyclic) bond motifs is 1. The molecule has 1 aromatic heterocycles. The Morgan fingerprint density at radius 3 is 2.44 bits per heavy atom. The molecule has 0 N–H and O–H groups in total. The molecule has 96 valence electrons. The number of benzene rings is 1. The van der Waals surface area contributed by atoms with E-state index in [9.17, 15) is 13.6 Å². The largest absolute Gasteiger partial charge is 0.298 e. The van der Waals surface area contributed by atoms with Crippen LogP contribution in [0.4, 0.5) is 8.78 Å². The molecular weight excluding hydrogens is 238 g/mol. The van der Waals surface area contributed by atoms with E-state index in [0.29, 0.717) is 6.54 Å². The minimum absolute atomic E-state index is 0.0978. The van der Waals surface area contributed by atoms with Gasteiger partial charge in [0, 0.05) is 12.6 Å². The highest BCUT2D eigenvalue weighted by molar-refractivity contribution is 5.77. The molecule has 0 bridgehead atoms. The van der Waals surface area contributed by atoms with E-state index in [1.165, 1.54) is 10.9 Å². The molecule has 2 aromatic rings. The Morgan fingerprint density at radius 2 is 1.83 bits per heavy atom. The van der Waals surface area contributed by atoms with E-state index >= 15 is 0 Å². The summed E-state index contributed by atoms with van der Waals surface area (Å²) in [5, 5.41) is 0.0978. The second-order valence-corrected chi connectivity index (χ2v) is 5.52. The summed E-state index contributed by atoms with van der Waals surface area (Å²) in [4.78, 5) is 16.1. The summed E-state index contributed by atoms with van der Waals surface area (Å²) in [6, 6.07) is 1.84. The highest BCUT2D eigenvalue weighted by atomic mass is 19.2. The van der Waals surface area contributed by atoms with Gasteiger partial charge in [0.05, 0.1) is 17.2 Å². The van der Waals surface area contributed by atoms with E-state index < -0.39 is 11.6 Å². The summed E-state index contributed by atoms with van der Waals surface area (Å²) >= 11 is 0. The van der Waals surface area contributed by atoms with Gasteiger partial charge in [0.15, 0.2) is 11.6 Å². The molecule has 0 saturated heterocycles. The van der Waals surface area contributed by atoms with Gasteiger partial charge >= 0.3 is 0 Å². The molecule has 0 aliphatic heterocycles. The van der Waals surface area contributed by atoms with Crippen LogP contribution >= 0.6 is 0 Å². The third-order valence-corrected chi connectivity index (χ3v) is 2.51. The Balaban J connectivity index is 2.64. The SMILES string of the molecule is CC(C)(C)Cn1cnc2cc(F)c(F)cc2c1=O. The smallest absolute Gasteiger partial charge is 0.261 e. The molecule has 1 aromatic carbocycles. The Kier molecular flexibility index (Phi) is 2.92. The molecule has 0 fully saturated rings. The van der Waals surface area contributed by atoms with Crippen LogP contribution in [-0.2, 0) is 6.54 Å². The van der Waals surface area contributed by atoms with Gasteiger partial charge in [0.2, 0.25) is 0 Å². The predicted octanol–water partition coefficient (Wildman–Crippen LogP) is 2.72. The normalized spacial score (nSPS) is 12.1. The number of hydrogen-bond acceptors (Lipinski definition) is 2. The van der Waals surface area contributed by atoms with Crippen molar-refractivity contribution in [1.82, 2.24) is 9.55 Å². The summed E-state index contributed by atoms with van der Waals surface area (Å²) in [7, 11) is 0. The van der Waals surface area contributed by atoms with Crippen LogP contribution in [-0.4, -0.2) is 9.55 Å². The number of hydrogen-bond donors (Lipinski definition) is 0. The molecule has 0 spiro atoms. The Hall–Kier alpha value is -1.78. The van der Waals surface area contributed by atoms with E-state index in [2.05, 4.69) is 4.98 Å². The van der Waals surface area contributed by atoms with Crippen molar-refractivity contribution >= 4 is 10.9 Å². The van der Waals surface area contributed by atoms with Crippen molar-refractivity contribution in [2.75, 3.05) is 0 Å². The van der Waals surface area contributed by atoms with Crippen molar-refractivity contribution in [3.05, 3.63) is 40.4 Å². The van der Waals surface area contributed by atoms with Crippen molar-refractivity contribution in [2.45, 2.75) is 27.3 Å². The summed E-state index contributed by atoms with van der Waals surface area (Å²) in [5.74, 6) is -2.03. The van der Waals surface area contributed by atoms with Gasteiger partial charge in [-0.05, 0) is 11.5 Å². The molecule has 0 aliphatic carbocycles. The fraction of sp³-hybridized carbons (Fsp3) is 0.385. The molecule has 3 nitrogen and oxygen atoms in total. The van der Waals surface area contributed by atoms with Crippen molar-refractivity contribution in [2.24, 2.45) is 5.41 Å². The first-order valence-corrected chi connectivity index (χ1v) is 5.62. The fourth-order valence-corrected chi connectivity index (χ4v) is 1.78. The maximum absolute atomic E-state index is 13.1. The second-order valence-electron chi connectivity index (χ2n) is 5.52. The lowest BCUT2D eigenvalue weighted by Gasteiger charge is -2.19. The number of halogens is 2. The van der Waals surface area contributed by atoms with Gasteiger partial charge in [-0.25, -0.2) is 13.8 Å². The number of rotatable bonds is 1. The molecule has 0 saturated carbocycles. The van der Waals surface area contributed by atoms with E-state index in [-0.39, 0.29) is 21.9 Å². The first-order valence-electron chi connectivity index (χ1n) is 5.62. The summed E-state index contributed by atoms with van der Waals surface area (Å²) in [6.45, 7) is 6.41. The van der Waals surface area contributed by atoms with Crippen LogP contribution in [0.5, 0.6) is 0 Å². The van der Waals surface area contributed by atoms with Gasteiger partial charge < -0.3 is 0 Å². The lowest BCUT2D eigenvalue weighted by atomic mass is 9.97. The maximum atomic E-state index is 13.1. The Bertz CT molecular complexity index is 656. The van der Waals surface area contributed by atoms with Crippen LogP contribution in [0.15, 0.2) is 23.3 Å². The van der Waals surface area contributed by atoms with Crippen molar-refractivity contribution in [3.63, 3.8) is 0 Å². The quantitative estimate of drug-likeness (QED) is 0.782. The van der Waals surface area contributed by atoms with Crippen LogP contribution in [0.1, 0.15) is 20.8 Å². The molecule has 0 unspecified atom stereocenters. The van der Waals surface area contributed by atoms with Gasteiger partial charge in [-0.2, -0.15) is 0 Å².